The summed E-state index contributed by atoms with van der Waals surface area (Å²) in [7, 11) is 0. The van der Waals surface area contributed by atoms with Gasteiger partial charge in [-0.25, -0.2) is 0 Å². The van der Waals surface area contributed by atoms with Gasteiger partial charge in [0.15, 0.2) is 0 Å². The first-order valence-corrected chi connectivity index (χ1v) is 8.44. The number of hydrogen-bond acceptors (Lipinski definition) is 3. The molecule has 1 saturated carbocycles. The number of nitrogens with zero attached hydrogens (tertiary/aromatic N) is 1. The highest BCUT2D eigenvalue weighted by molar-refractivity contribution is 8.00. The molecule has 21 heavy (non-hydrogen) atoms. The lowest BCUT2D eigenvalue weighted by Crippen LogP contribution is -2.41. The van der Waals surface area contributed by atoms with Gasteiger partial charge in [-0.1, -0.05) is 37.3 Å². The molecule has 0 aromatic heterocycles. The van der Waals surface area contributed by atoms with Gasteiger partial charge in [-0.15, -0.1) is 11.8 Å². The molecule has 1 aliphatic carbocycles. The van der Waals surface area contributed by atoms with Gasteiger partial charge in [-0.05, 0) is 48.7 Å². The third kappa shape index (κ3) is 3.07. The summed E-state index contributed by atoms with van der Waals surface area (Å²) in [6.07, 6.45) is 3.01. The van der Waals surface area contributed by atoms with Gasteiger partial charge in [0.25, 0.3) is 0 Å². The number of thioether (sulfide) groups is 1. The standard InChI is InChI=1S/C18H20N2S/c1-2-20-18(13-19)10-9-17(12-18)21-16-8-7-14-5-3-4-6-15(14)11-16/h3-8,11,17,20H,2,9-10,12H2,1H3. The summed E-state index contributed by atoms with van der Waals surface area (Å²) in [6.45, 7) is 2.93. The number of fused-ring (bicyclic) bond motifs is 1. The molecule has 0 radical (unpaired) electrons. The molecular weight excluding hydrogens is 276 g/mol. The van der Waals surface area contributed by atoms with Crippen molar-refractivity contribution in [2.75, 3.05) is 6.54 Å². The highest BCUT2D eigenvalue weighted by Crippen LogP contribution is 2.40. The Morgan fingerprint density at radius 2 is 2.10 bits per heavy atom. The summed E-state index contributed by atoms with van der Waals surface area (Å²) in [5.74, 6) is 0. The Morgan fingerprint density at radius 1 is 1.29 bits per heavy atom. The molecule has 3 rings (SSSR count). The minimum absolute atomic E-state index is 0.302. The number of benzene rings is 2. The van der Waals surface area contributed by atoms with Gasteiger partial charge < -0.3 is 0 Å². The van der Waals surface area contributed by atoms with Crippen LogP contribution in [0.25, 0.3) is 10.8 Å². The molecular formula is C18H20N2S. The fourth-order valence-corrected chi connectivity index (χ4v) is 4.50. The molecule has 0 saturated heterocycles. The van der Waals surface area contributed by atoms with Crippen molar-refractivity contribution in [2.24, 2.45) is 0 Å². The summed E-state index contributed by atoms with van der Waals surface area (Å²) in [5.41, 5.74) is -0.302. The van der Waals surface area contributed by atoms with Gasteiger partial charge >= 0.3 is 0 Å². The second-order valence-corrected chi connectivity index (χ2v) is 7.09. The minimum Gasteiger partial charge on any atom is -0.300 e. The predicted octanol–water partition coefficient (Wildman–Crippen LogP) is 4.36. The lowest BCUT2D eigenvalue weighted by Gasteiger charge is -2.21. The van der Waals surface area contributed by atoms with Gasteiger partial charge in [-0.3, -0.25) is 5.32 Å². The molecule has 0 spiro atoms. The molecule has 2 atom stereocenters. The van der Waals surface area contributed by atoms with Crippen LogP contribution in [0, 0.1) is 11.3 Å². The summed E-state index contributed by atoms with van der Waals surface area (Å²) in [6, 6.07) is 17.6. The van der Waals surface area contributed by atoms with E-state index in [2.05, 4.69) is 60.8 Å². The van der Waals surface area contributed by atoms with E-state index in [1.54, 1.807) is 0 Å². The summed E-state index contributed by atoms with van der Waals surface area (Å²) in [5, 5.41) is 15.9. The fourth-order valence-electron chi connectivity index (χ4n) is 3.17. The molecule has 0 aliphatic heterocycles. The van der Waals surface area contributed by atoms with Crippen molar-refractivity contribution in [2.45, 2.75) is 41.9 Å². The quantitative estimate of drug-likeness (QED) is 0.910. The Bertz CT molecular complexity index is 676. The highest BCUT2D eigenvalue weighted by atomic mass is 32.2. The maximum Gasteiger partial charge on any atom is 0.107 e. The van der Waals surface area contributed by atoms with Crippen LogP contribution in [-0.2, 0) is 0 Å². The molecule has 2 aromatic rings. The number of hydrogen-bond donors (Lipinski definition) is 1. The lowest BCUT2D eigenvalue weighted by molar-refractivity contribution is 0.436. The minimum atomic E-state index is -0.302. The molecule has 2 unspecified atom stereocenters. The number of nitrogens with one attached hydrogen (secondary N) is 1. The molecule has 108 valence electrons. The monoisotopic (exact) mass is 296 g/mol. The second kappa shape index (κ2) is 6.09. The van der Waals surface area contributed by atoms with Crippen molar-refractivity contribution < 1.29 is 0 Å². The van der Waals surface area contributed by atoms with Crippen molar-refractivity contribution in [3.05, 3.63) is 42.5 Å². The van der Waals surface area contributed by atoms with E-state index in [9.17, 15) is 5.26 Å². The predicted molar refractivity (Wildman–Crippen MR) is 89.5 cm³/mol. The number of nitriles is 1. The third-order valence-corrected chi connectivity index (χ3v) is 5.48. The summed E-state index contributed by atoms with van der Waals surface area (Å²) >= 11 is 1.92. The first kappa shape index (κ1) is 14.4. The van der Waals surface area contributed by atoms with Crippen LogP contribution in [0.3, 0.4) is 0 Å². The van der Waals surface area contributed by atoms with E-state index in [1.807, 2.05) is 11.8 Å². The zero-order valence-corrected chi connectivity index (χ0v) is 13.1. The van der Waals surface area contributed by atoms with E-state index in [4.69, 9.17) is 0 Å². The highest BCUT2D eigenvalue weighted by Gasteiger charge is 2.39. The van der Waals surface area contributed by atoms with Crippen molar-refractivity contribution in [3.63, 3.8) is 0 Å². The van der Waals surface area contributed by atoms with E-state index in [0.717, 1.165) is 25.8 Å². The molecule has 1 aliphatic rings. The maximum absolute atomic E-state index is 9.45. The molecule has 2 aromatic carbocycles. The molecule has 3 heteroatoms. The van der Waals surface area contributed by atoms with Crippen molar-refractivity contribution in [1.82, 2.24) is 5.32 Å². The topological polar surface area (TPSA) is 35.8 Å². The Hall–Kier alpha value is -1.50. The van der Waals surface area contributed by atoms with Crippen LogP contribution in [0.4, 0.5) is 0 Å². The van der Waals surface area contributed by atoms with E-state index in [0.29, 0.717) is 5.25 Å². The molecule has 0 heterocycles. The Labute approximate surface area is 130 Å². The fraction of sp³-hybridized carbons (Fsp3) is 0.389. The van der Waals surface area contributed by atoms with Gasteiger partial charge in [0.1, 0.15) is 5.54 Å². The number of rotatable bonds is 4. The summed E-state index contributed by atoms with van der Waals surface area (Å²) < 4.78 is 0. The van der Waals surface area contributed by atoms with E-state index in [1.165, 1.54) is 15.7 Å². The van der Waals surface area contributed by atoms with Crippen LogP contribution in [0.5, 0.6) is 0 Å². The van der Waals surface area contributed by atoms with Gasteiger partial charge in [0.05, 0.1) is 6.07 Å². The Kier molecular flexibility index (Phi) is 4.19. The van der Waals surface area contributed by atoms with Crippen LogP contribution in [0.2, 0.25) is 0 Å². The second-order valence-electron chi connectivity index (χ2n) is 5.72. The maximum atomic E-state index is 9.45. The van der Waals surface area contributed by atoms with Crippen LogP contribution in [0.1, 0.15) is 26.2 Å². The Morgan fingerprint density at radius 3 is 2.86 bits per heavy atom. The third-order valence-electron chi connectivity index (χ3n) is 4.22. The van der Waals surface area contributed by atoms with E-state index in [-0.39, 0.29) is 5.54 Å². The van der Waals surface area contributed by atoms with Crippen LogP contribution in [0.15, 0.2) is 47.4 Å². The molecule has 1 N–H and O–H groups in total. The van der Waals surface area contributed by atoms with Gasteiger partial charge in [-0.2, -0.15) is 5.26 Å². The average Bonchev–Trinajstić information content (AvgIpc) is 2.91. The van der Waals surface area contributed by atoms with Crippen molar-refractivity contribution >= 4 is 22.5 Å². The van der Waals surface area contributed by atoms with Crippen LogP contribution >= 0.6 is 11.8 Å². The first-order valence-electron chi connectivity index (χ1n) is 7.56. The van der Waals surface area contributed by atoms with E-state index >= 15 is 0 Å². The molecule has 2 nitrogen and oxygen atoms in total. The Balaban J connectivity index is 1.73. The SMILES string of the molecule is CCNC1(C#N)CCC(Sc2ccc3ccccc3c2)C1. The van der Waals surface area contributed by atoms with Gasteiger partial charge in [0.2, 0.25) is 0 Å². The van der Waals surface area contributed by atoms with Crippen molar-refractivity contribution in [1.29, 1.82) is 5.26 Å². The molecule has 1 fully saturated rings. The zero-order chi connectivity index (χ0) is 14.7. The van der Waals surface area contributed by atoms with Crippen LogP contribution in [-0.4, -0.2) is 17.3 Å². The zero-order valence-electron chi connectivity index (χ0n) is 12.3. The lowest BCUT2D eigenvalue weighted by atomic mass is 10.0. The van der Waals surface area contributed by atoms with Gasteiger partial charge in [0, 0.05) is 10.1 Å². The first-order chi connectivity index (χ1) is 10.2. The van der Waals surface area contributed by atoms with Crippen molar-refractivity contribution in [3.8, 4) is 6.07 Å². The molecule has 0 amide bonds. The normalized spacial score (nSPS) is 25.0. The average molecular weight is 296 g/mol. The largest absolute Gasteiger partial charge is 0.300 e. The molecule has 0 bridgehead atoms. The van der Waals surface area contributed by atoms with E-state index < -0.39 is 0 Å². The van der Waals surface area contributed by atoms with Crippen LogP contribution < -0.4 is 5.32 Å². The smallest absolute Gasteiger partial charge is 0.107 e. The summed E-state index contributed by atoms with van der Waals surface area (Å²) in [4.78, 5) is 1.31.